The van der Waals surface area contributed by atoms with E-state index >= 15 is 0 Å². The lowest BCUT2D eigenvalue weighted by atomic mass is 9.96. The number of methoxy groups -OCH3 is 1. The van der Waals surface area contributed by atoms with Crippen molar-refractivity contribution in [3.05, 3.63) is 120 Å². The van der Waals surface area contributed by atoms with Crippen LogP contribution in [0.3, 0.4) is 0 Å². The summed E-state index contributed by atoms with van der Waals surface area (Å²) >= 11 is 0. The number of ether oxygens (including phenoxy) is 1. The van der Waals surface area contributed by atoms with E-state index in [9.17, 15) is 0 Å². The molecule has 0 amide bonds. The maximum absolute atomic E-state index is 6.40. The minimum atomic E-state index is 0.409. The van der Waals surface area contributed by atoms with Crippen LogP contribution < -0.4 is 10.3 Å². The van der Waals surface area contributed by atoms with Gasteiger partial charge in [-0.05, 0) is 54.8 Å². The highest BCUT2D eigenvalue weighted by Crippen LogP contribution is 2.39. The summed E-state index contributed by atoms with van der Waals surface area (Å²) in [7, 11) is 1.67. The molecule has 0 radical (unpaired) electrons. The summed E-state index contributed by atoms with van der Waals surface area (Å²) in [5, 5.41) is 12.1. The van der Waals surface area contributed by atoms with E-state index < -0.39 is 0 Å². The lowest BCUT2D eigenvalue weighted by Crippen LogP contribution is -2.02. The molecule has 7 rings (SSSR count). The van der Waals surface area contributed by atoms with Crippen LogP contribution in [-0.2, 0) is 6.54 Å². The Kier molecular flexibility index (Phi) is 6.44. The molecule has 0 fully saturated rings. The van der Waals surface area contributed by atoms with E-state index in [1.54, 1.807) is 13.3 Å². The molecule has 0 spiro atoms. The van der Waals surface area contributed by atoms with Crippen molar-refractivity contribution >= 4 is 39.1 Å². The van der Waals surface area contributed by atoms with Gasteiger partial charge in [-0.1, -0.05) is 60.7 Å². The number of aromatic nitrogens is 1. The monoisotopic (exact) mass is 551 g/mol. The minimum Gasteiger partial charge on any atom is -0.497 e. The van der Waals surface area contributed by atoms with E-state index in [0.29, 0.717) is 5.55 Å². The van der Waals surface area contributed by atoms with Gasteiger partial charge in [0.05, 0.1) is 19.6 Å². The zero-order chi connectivity index (χ0) is 28.6. The van der Waals surface area contributed by atoms with Gasteiger partial charge in [0.2, 0.25) is 5.55 Å². The van der Waals surface area contributed by atoms with Crippen molar-refractivity contribution in [1.82, 2.24) is 4.57 Å². The molecule has 206 valence electrons. The molecule has 6 heteroatoms. The predicted octanol–water partition coefficient (Wildman–Crippen LogP) is 8.74. The fourth-order valence-electron chi connectivity index (χ4n) is 5.67. The number of hydrogen-bond donors (Lipinski definition) is 0. The van der Waals surface area contributed by atoms with Gasteiger partial charge in [-0.25, -0.2) is 0 Å². The first-order chi connectivity index (χ1) is 20.6. The first-order valence-corrected chi connectivity index (χ1v) is 14.0. The second-order valence-electron chi connectivity index (χ2n) is 10.2. The zero-order valence-electron chi connectivity index (χ0n) is 23.7. The van der Waals surface area contributed by atoms with Crippen LogP contribution in [0.2, 0.25) is 0 Å². The Morgan fingerprint density at radius 1 is 0.810 bits per heavy atom. The Labute approximate surface area is 242 Å². The third-order valence-corrected chi connectivity index (χ3v) is 7.79. The molecule has 7 aromatic rings. The van der Waals surface area contributed by atoms with Gasteiger partial charge in [-0.2, -0.15) is 5.10 Å². The molecular formula is C36H29N3O3. The highest BCUT2D eigenvalue weighted by atomic mass is 16.5. The summed E-state index contributed by atoms with van der Waals surface area (Å²) in [6, 6.07) is 30.8. The summed E-state index contributed by atoms with van der Waals surface area (Å²) in [6.45, 7) is 5.00. The van der Waals surface area contributed by atoms with Gasteiger partial charge in [0.1, 0.15) is 16.9 Å². The number of hydrogen-bond acceptors (Lipinski definition) is 5. The summed E-state index contributed by atoms with van der Waals surface area (Å²) in [5.74, 6) is 0.801. The number of rotatable bonds is 6. The average molecular weight is 552 g/mol. The second kappa shape index (κ2) is 10.6. The Morgan fingerprint density at radius 3 is 2.24 bits per heavy atom. The van der Waals surface area contributed by atoms with Crippen LogP contribution in [0.25, 0.3) is 55.1 Å². The van der Waals surface area contributed by atoms with E-state index in [-0.39, 0.29) is 0 Å². The summed E-state index contributed by atoms with van der Waals surface area (Å²) in [6.07, 6.45) is 5.67. The Hall–Kier alpha value is -5.36. The molecule has 0 aliphatic heterocycles. The third-order valence-electron chi connectivity index (χ3n) is 7.79. The van der Waals surface area contributed by atoms with Gasteiger partial charge in [-0.15, -0.1) is 5.10 Å². The van der Waals surface area contributed by atoms with E-state index in [1.807, 2.05) is 67.8 Å². The molecule has 0 unspecified atom stereocenters. The third kappa shape index (κ3) is 4.38. The molecule has 0 aliphatic rings. The Morgan fingerprint density at radius 2 is 1.52 bits per heavy atom. The number of nitrogens with zero attached hydrogens (tertiary/aromatic N) is 3. The van der Waals surface area contributed by atoms with Gasteiger partial charge in [-0.3, -0.25) is 0 Å². The molecule has 42 heavy (non-hydrogen) atoms. The van der Waals surface area contributed by atoms with Crippen LogP contribution in [0.1, 0.15) is 18.1 Å². The van der Waals surface area contributed by atoms with Crippen molar-refractivity contribution < 1.29 is 13.6 Å². The molecule has 0 atom stereocenters. The number of benzene rings is 4. The number of fused-ring (bicyclic) bond motifs is 3. The average Bonchev–Trinajstić information content (AvgIpc) is 3.63. The first kappa shape index (κ1) is 25.6. The molecule has 6 nitrogen and oxygen atoms in total. The molecule has 0 aliphatic carbocycles. The topological polar surface area (TPSA) is 65.2 Å². The quantitative estimate of drug-likeness (QED) is 0.153. The maximum Gasteiger partial charge on any atom is 0.239 e. The standard InChI is InChI=1S/C36H29N3O3/c1-4-39-21-26(29-17-27(40-3)15-16-33(29)39)20-37-38-34-19-28(24-11-7-5-8-12-24)30-18-31-32(25-13-9-6-10-14-25)22-41-35(31)23(2)36(30)42-34/h5-22H,4H2,1-3H3/b37-20+,38-34-. The molecule has 0 saturated carbocycles. The summed E-state index contributed by atoms with van der Waals surface area (Å²) < 4.78 is 20.2. The van der Waals surface area contributed by atoms with Crippen LogP contribution in [0.5, 0.6) is 5.75 Å². The minimum absolute atomic E-state index is 0.409. The molecule has 0 saturated heterocycles. The lowest BCUT2D eigenvalue weighted by molar-refractivity contribution is 0.415. The van der Waals surface area contributed by atoms with Crippen molar-refractivity contribution in [1.29, 1.82) is 0 Å². The highest BCUT2D eigenvalue weighted by Gasteiger charge is 2.17. The molecule has 3 heterocycles. The van der Waals surface area contributed by atoms with Crippen molar-refractivity contribution in [2.45, 2.75) is 20.4 Å². The fourth-order valence-corrected chi connectivity index (χ4v) is 5.67. The van der Waals surface area contributed by atoms with Crippen LogP contribution in [0, 0.1) is 6.92 Å². The smallest absolute Gasteiger partial charge is 0.239 e. The number of aryl methyl sites for hydroxylation is 2. The Balaban J connectivity index is 1.41. The van der Waals surface area contributed by atoms with Gasteiger partial charge >= 0.3 is 0 Å². The van der Waals surface area contributed by atoms with Crippen LogP contribution in [0.15, 0.2) is 122 Å². The predicted molar refractivity (Wildman–Crippen MR) is 169 cm³/mol. The molecule has 3 aromatic heterocycles. The van der Waals surface area contributed by atoms with E-state index in [4.69, 9.17) is 13.6 Å². The largest absolute Gasteiger partial charge is 0.497 e. The maximum atomic E-state index is 6.40. The molecule has 0 bridgehead atoms. The van der Waals surface area contributed by atoms with Crippen molar-refractivity contribution in [3.63, 3.8) is 0 Å². The summed E-state index contributed by atoms with van der Waals surface area (Å²) in [4.78, 5) is 0. The molecular weight excluding hydrogens is 522 g/mol. The van der Waals surface area contributed by atoms with Crippen molar-refractivity contribution in [3.8, 4) is 28.0 Å². The zero-order valence-corrected chi connectivity index (χ0v) is 23.7. The highest BCUT2D eigenvalue weighted by molar-refractivity contribution is 6.08. The normalized spacial score (nSPS) is 12.3. The van der Waals surface area contributed by atoms with E-state index in [0.717, 1.165) is 78.5 Å². The fraction of sp³-hybridized carbons (Fsp3) is 0.111. The number of furan rings is 1. The SMILES string of the molecule is CCn1cc(/C=N/N=c2/cc(-c3ccccc3)c3cc4c(-c5ccccc5)coc4c(C)c3o2)c2cc(OC)ccc21. The van der Waals surface area contributed by atoms with Crippen LogP contribution in [0.4, 0.5) is 0 Å². The Bertz CT molecular complexity index is 2170. The summed E-state index contributed by atoms with van der Waals surface area (Å²) in [5.41, 5.74) is 9.17. The van der Waals surface area contributed by atoms with Crippen LogP contribution in [-0.4, -0.2) is 17.9 Å². The van der Waals surface area contributed by atoms with Crippen LogP contribution >= 0.6 is 0 Å². The first-order valence-electron chi connectivity index (χ1n) is 14.0. The van der Waals surface area contributed by atoms with Gasteiger partial charge in [0.15, 0.2) is 0 Å². The molecule has 4 aromatic carbocycles. The van der Waals surface area contributed by atoms with E-state index in [2.05, 4.69) is 64.3 Å². The van der Waals surface area contributed by atoms with Gasteiger partial charge in [0.25, 0.3) is 0 Å². The van der Waals surface area contributed by atoms with Gasteiger partial charge in [0, 0.05) is 57.2 Å². The van der Waals surface area contributed by atoms with Crippen molar-refractivity contribution in [2.24, 2.45) is 10.2 Å². The second-order valence-corrected chi connectivity index (χ2v) is 10.2. The lowest BCUT2D eigenvalue weighted by Gasteiger charge is -2.09. The molecule has 0 N–H and O–H groups in total. The van der Waals surface area contributed by atoms with Crippen molar-refractivity contribution in [2.75, 3.05) is 7.11 Å². The van der Waals surface area contributed by atoms with E-state index in [1.165, 1.54) is 0 Å². The van der Waals surface area contributed by atoms with Gasteiger partial charge < -0.3 is 18.1 Å².